The SMILES string of the molecule is C[C@H](N[C@@H]1CCN(c2ccc(C(=O)NCCCN3CCC(C(=O)O)CC3)cc2)C1)c1cccc2ccccc12. The van der Waals surface area contributed by atoms with Gasteiger partial charge in [-0.1, -0.05) is 42.5 Å². The second-order valence-electron chi connectivity index (χ2n) is 11.0. The maximum Gasteiger partial charge on any atom is 0.306 e. The number of fused-ring (bicyclic) bond motifs is 1. The maximum atomic E-state index is 12.6. The standard InChI is InChI=1S/C32H40N4O3/c1-23(29-9-4-7-24-6-2-3-8-30(24)29)34-27-16-21-36(22-27)28-12-10-25(11-13-28)31(37)33-17-5-18-35-19-14-26(15-20-35)32(38)39/h2-4,6-13,23,26-27,34H,5,14-22H2,1H3,(H,33,37)(H,38,39)/t23-,27+/m0/s1. The third-order valence-electron chi connectivity index (χ3n) is 8.33. The molecule has 5 rings (SSSR count). The molecule has 3 aromatic rings. The third kappa shape index (κ3) is 6.78. The van der Waals surface area contributed by atoms with Crippen LogP contribution in [0.3, 0.4) is 0 Å². The zero-order valence-electron chi connectivity index (χ0n) is 22.8. The number of benzene rings is 3. The molecule has 2 aliphatic rings. The molecule has 2 aliphatic heterocycles. The van der Waals surface area contributed by atoms with E-state index in [9.17, 15) is 9.59 Å². The predicted molar refractivity (Wildman–Crippen MR) is 156 cm³/mol. The molecule has 3 aromatic carbocycles. The summed E-state index contributed by atoms with van der Waals surface area (Å²) in [4.78, 5) is 28.4. The number of nitrogens with zero attached hydrogens (tertiary/aromatic N) is 2. The van der Waals surface area contributed by atoms with Crippen LogP contribution in [-0.2, 0) is 4.79 Å². The molecule has 0 radical (unpaired) electrons. The van der Waals surface area contributed by atoms with Crippen molar-refractivity contribution < 1.29 is 14.7 Å². The molecule has 206 valence electrons. The Hall–Kier alpha value is -3.42. The number of likely N-dealkylation sites (tertiary alicyclic amines) is 1. The van der Waals surface area contributed by atoms with Crippen molar-refractivity contribution in [2.45, 2.75) is 44.7 Å². The monoisotopic (exact) mass is 528 g/mol. The van der Waals surface area contributed by atoms with E-state index in [4.69, 9.17) is 5.11 Å². The quantitative estimate of drug-likeness (QED) is 0.331. The molecule has 0 aromatic heterocycles. The van der Waals surface area contributed by atoms with Gasteiger partial charge in [-0.2, -0.15) is 0 Å². The minimum atomic E-state index is -0.680. The lowest BCUT2D eigenvalue weighted by Gasteiger charge is -2.29. The summed E-state index contributed by atoms with van der Waals surface area (Å²) in [5.41, 5.74) is 3.17. The highest BCUT2D eigenvalue weighted by atomic mass is 16.4. The Morgan fingerprint density at radius 1 is 0.949 bits per heavy atom. The topological polar surface area (TPSA) is 84.9 Å². The molecular weight excluding hydrogens is 488 g/mol. The van der Waals surface area contributed by atoms with E-state index in [0.29, 0.717) is 31.0 Å². The van der Waals surface area contributed by atoms with Gasteiger partial charge in [-0.3, -0.25) is 9.59 Å². The van der Waals surface area contributed by atoms with Gasteiger partial charge >= 0.3 is 5.97 Å². The van der Waals surface area contributed by atoms with Crippen LogP contribution in [0.4, 0.5) is 5.69 Å². The van der Waals surface area contributed by atoms with E-state index in [1.165, 1.54) is 16.3 Å². The van der Waals surface area contributed by atoms with Gasteiger partial charge in [-0.25, -0.2) is 0 Å². The van der Waals surface area contributed by atoms with Crippen LogP contribution in [0.5, 0.6) is 0 Å². The Morgan fingerprint density at radius 2 is 1.69 bits per heavy atom. The van der Waals surface area contributed by atoms with E-state index in [1.807, 2.05) is 12.1 Å². The van der Waals surface area contributed by atoms with Crippen molar-refractivity contribution in [1.29, 1.82) is 0 Å². The molecule has 7 nitrogen and oxygen atoms in total. The summed E-state index contributed by atoms with van der Waals surface area (Å²) in [5.74, 6) is -0.929. The van der Waals surface area contributed by atoms with Gasteiger partial charge in [-0.05, 0) is 92.8 Å². The lowest BCUT2D eigenvalue weighted by molar-refractivity contribution is -0.143. The molecule has 2 atom stereocenters. The van der Waals surface area contributed by atoms with Crippen LogP contribution >= 0.6 is 0 Å². The average molecular weight is 529 g/mol. The van der Waals surface area contributed by atoms with Crippen molar-refractivity contribution in [2.24, 2.45) is 5.92 Å². The molecule has 0 aliphatic carbocycles. The van der Waals surface area contributed by atoms with E-state index >= 15 is 0 Å². The predicted octanol–water partition coefficient (Wildman–Crippen LogP) is 4.69. The largest absolute Gasteiger partial charge is 0.481 e. The minimum Gasteiger partial charge on any atom is -0.481 e. The van der Waals surface area contributed by atoms with Gasteiger partial charge in [0, 0.05) is 43.0 Å². The molecule has 2 saturated heterocycles. The number of nitrogens with one attached hydrogen (secondary N) is 2. The van der Waals surface area contributed by atoms with Gasteiger partial charge < -0.3 is 25.5 Å². The van der Waals surface area contributed by atoms with E-state index in [-0.39, 0.29) is 17.9 Å². The summed E-state index contributed by atoms with van der Waals surface area (Å²) < 4.78 is 0. The molecule has 2 fully saturated rings. The molecular formula is C32H40N4O3. The fourth-order valence-electron chi connectivity index (χ4n) is 6.04. The highest BCUT2D eigenvalue weighted by molar-refractivity contribution is 5.94. The van der Waals surface area contributed by atoms with Crippen LogP contribution < -0.4 is 15.5 Å². The van der Waals surface area contributed by atoms with Gasteiger partial charge in [0.2, 0.25) is 0 Å². The van der Waals surface area contributed by atoms with E-state index < -0.39 is 5.97 Å². The number of piperidine rings is 1. The van der Waals surface area contributed by atoms with Gasteiger partial charge in [0.1, 0.15) is 0 Å². The fraction of sp³-hybridized carbons (Fsp3) is 0.438. The van der Waals surface area contributed by atoms with Crippen LogP contribution in [0.1, 0.15) is 54.6 Å². The van der Waals surface area contributed by atoms with Crippen LogP contribution in [0.2, 0.25) is 0 Å². The van der Waals surface area contributed by atoms with Crippen LogP contribution in [0, 0.1) is 5.92 Å². The average Bonchev–Trinajstić information content (AvgIpc) is 3.43. The first-order valence-electron chi connectivity index (χ1n) is 14.3. The molecule has 3 N–H and O–H groups in total. The number of hydrogen-bond acceptors (Lipinski definition) is 5. The number of aliphatic carboxylic acids is 1. The maximum absolute atomic E-state index is 12.6. The summed E-state index contributed by atoms with van der Waals surface area (Å²) in [5, 5.41) is 18.6. The molecule has 0 unspecified atom stereocenters. The van der Waals surface area contributed by atoms with Gasteiger partial charge in [-0.15, -0.1) is 0 Å². The Bertz CT molecular complexity index is 1260. The van der Waals surface area contributed by atoms with Crippen molar-refractivity contribution in [3.05, 3.63) is 77.9 Å². The Balaban J connectivity index is 1.05. The van der Waals surface area contributed by atoms with Crippen LogP contribution in [-0.4, -0.2) is 67.2 Å². The smallest absolute Gasteiger partial charge is 0.306 e. The summed E-state index contributed by atoms with van der Waals surface area (Å²) in [6.07, 6.45) is 3.38. The number of carboxylic acids is 1. The number of carbonyl (C=O) groups is 2. The molecule has 0 bridgehead atoms. The molecule has 7 heteroatoms. The Morgan fingerprint density at radius 3 is 2.46 bits per heavy atom. The zero-order chi connectivity index (χ0) is 27.2. The van der Waals surface area contributed by atoms with Gasteiger partial charge in [0.05, 0.1) is 5.92 Å². The molecule has 39 heavy (non-hydrogen) atoms. The summed E-state index contributed by atoms with van der Waals surface area (Å²) in [6, 6.07) is 23.7. The summed E-state index contributed by atoms with van der Waals surface area (Å²) in [6.45, 7) is 7.34. The number of rotatable bonds is 10. The zero-order valence-corrected chi connectivity index (χ0v) is 22.8. The van der Waals surface area contributed by atoms with Gasteiger partial charge in [0.15, 0.2) is 0 Å². The molecule has 0 spiro atoms. The Kier molecular flexibility index (Phi) is 8.79. The van der Waals surface area contributed by atoms with Crippen molar-refractivity contribution >= 4 is 28.3 Å². The first-order valence-corrected chi connectivity index (χ1v) is 14.3. The normalized spacial score (nSPS) is 19.3. The third-order valence-corrected chi connectivity index (χ3v) is 8.33. The first-order chi connectivity index (χ1) is 19.0. The van der Waals surface area contributed by atoms with E-state index in [2.05, 4.69) is 82.0 Å². The second-order valence-corrected chi connectivity index (χ2v) is 11.0. The second kappa shape index (κ2) is 12.6. The number of carbonyl (C=O) groups excluding carboxylic acids is 1. The van der Waals surface area contributed by atoms with Crippen LogP contribution in [0.15, 0.2) is 66.7 Å². The number of carboxylic acid groups (broad SMARTS) is 1. The van der Waals surface area contributed by atoms with E-state index in [0.717, 1.165) is 51.3 Å². The van der Waals surface area contributed by atoms with Crippen molar-refractivity contribution in [3.63, 3.8) is 0 Å². The first kappa shape index (κ1) is 27.2. The highest BCUT2D eigenvalue weighted by Gasteiger charge is 2.25. The summed E-state index contributed by atoms with van der Waals surface area (Å²) >= 11 is 0. The van der Waals surface area contributed by atoms with Crippen molar-refractivity contribution in [1.82, 2.24) is 15.5 Å². The molecule has 2 heterocycles. The fourth-order valence-corrected chi connectivity index (χ4v) is 6.04. The Labute approximate surface area is 231 Å². The minimum absolute atomic E-state index is 0.0454. The van der Waals surface area contributed by atoms with Crippen molar-refractivity contribution in [2.75, 3.05) is 44.2 Å². The molecule has 1 amide bonds. The summed E-state index contributed by atoms with van der Waals surface area (Å²) in [7, 11) is 0. The molecule has 0 saturated carbocycles. The van der Waals surface area contributed by atoms with E-state index in [1.54, 1.807) is 0 Å². The van der Waals surface area contributed by atoms with Crippen molar-refractivity contribution in [3.8, 4) is 0 Å². The highest BCUT2D eigenvalue weighted by Crippen LogP contribution is 2.27. The number of hydrogen-bond donors (Lipinski definition) is 3. The number of amides is 1. The van der Waals surface area contributed by atoms with Gasteiger partial charge in [0.25, 0.3) is 5.91 Å². The lowest BCUT2D eigenvalue weighted by Crippen LogP contribution is -2.38. The lowest BCUT2D eigenvalue weighted by atomic mass is 9.97. The van der Waals surface area contributed by atoms with Crippen LogP contribution in [0.25, 0.3) is 10.8 Å². The number of anilines is 1.